The normalized spacial score (nSPS) is 17.3. The van der Waals surface area contributed by atoms with Gasteiger partial charge < -0.3 is 10.5 Å². The second-order valence-electron chi connectivity index (χ2n) is 6.29. The lowest BCUT2D eigenvalue weighted by Crippen LogP contribution is -2.22. The smallest absolute Gasteiger partial charge is 0.122 e. The standard InChI is InChI=1S/C19H31NO/c20-16-10-6-4-2-1-3-5-7-12-18-15-14-17-11-8-9-13-19(17)21-18/h8-9,11,13,18H,1-7,10,12,14-16,20H2. The Morgan fingerprint density at radius 2 is 1.57 bits per heavy atom. The van der Waals surface area contributed by atoms with E-state index in [1.54, 1.807) is 0 Å². The number of rotatable bonds is 10. The van der Waals surface area contributed by atoms with Crippen LogP contribution in [-0.2, 0) is 6.42 Å². The van der Waals surface area contributed by atoms with Gasteiger partial charge in [0.15, 0.2) is 0 Å². The first-order valence-electron chi connectivity index (χ1n) is 8.85. The number of hydrogen-bond acceptors (Lipinski definition) is 2. The Hall–Kier alpha value is -1.02. The molecule has 1 aliphatic heterocycles. The van der Waals surface area contributed by atoms with Crippen LogP contribution < -0.4 is 10.5 Å². The summed E-state index contributed by atoms with van der Waals surface area (Å²) in [7, 11) is 0. The lowest BCUT2D eigenvalue weighted by molar-refractivity contribution is 0.160. The van der Waals surface area contributed by atoms with Crippen molar-refractivity contribution < 1.29 is 4.74 Å². The molecule has 2 rings (SSSR count). The van der Waals surface area contributed by atoms with Crippen LogP contribution in [-0.4, -0.2) is 12.6 Å². The van der Waals surface area contributed by atoms with Gasteiger partial charge in [0.05, 0.1) is 6.10 Å². The number of hydrogen-bond donors (Lipinski definition) is 1. The zero-order valence-corrected chi connectivity index (χ0v) is 13.4. The maximum atomic E-state index is 6.09. The van der Waals surface area contributed by atoms with Crippen molar-refractivity contribution in [2.75, 3.05) is 6.54 Å². The van der Waals surface area contributed by atoms with Crippen molar-refractivity contribution >= 4 is 0 Å². The van der Waals surface area contributed by atoms with Crippen LogP contribution in [0.15, 0.2) is 24.3 Å². The van der Waals surface area contributed by atoms with Crippen LogP contribution in [0.5, 0.6) is 5.75 Å². The Bertz CT molecular complexity index is 391. The highest BCUT2D eigenvalue weighted by atomic mass is 16.5. The maximum Gasteiger partial charge on any atom is 0.122 e. The van der Waals surface area contributed by atoms with Gasteiger partial charge in [0.2, 0.25) is 0 Å². The summed E-state index contributed by atoms with van der Waals surface area (Å²) in [6.45, 7) is 0.852. The summed E-state index contributed by atoms with van der Waals surface area (Å²) in [6.07, 6.45) is 14.7. The van der Waals surface area contributed by atoms with Crippen molar-refractivity contribution in [1.82, 2.24) is 0 Å². The lowest BCUT2D eigenvalue weighted by atomic mass is 9.98. The Morgan fingerprint density at radius 3 is 2.33 bits per heavy atom. The first-order chi connectivity index (χ1) is 10.4. The van der Waals surface area contributed by atoms with Crippen LogP contribution in [0.3, 0.4) is 0 Å². The Morgan fingerprint density at radius 1 is 0.905 bits per heavy atom. The molecule has 0 radical (unpaired) electrons. The minimum absolute atomic E-state index is 0.449. The summed E-state index contributed by atoms with van der Waals surface area (Å²) in [5.74, 6) is 1.12. The van der Waals surface area contributed by atoms with Gasteiger partial charge in [-0.3, -0.25) is 0 Å². The van der Waals surface area contributed by atoms with Crippen LogP contribution in [0, 0.1) is 0 Å². The van der Waals surface area contributed by atoms with Crippen LogP contribution in [0.4, 0.5) is 0 Å². The van der Waals surface area contributed by atoms with Crippen LogP contribution in [0.2, 0.25) is 0 Å². The molecule has 1 aliphatic rings. The number of aryl methyl sites for hydroxylation is 1. The van der Waals surface area contributed by atoms with E-state index in [4.69, 9.17) is 10.5 Å². The first-order valence-corrected chi connectivity index (χ1v) is 8.85. The SMILES string of the molecule is NCCCCCCCCCCC1CCc2ccccc2O1. The number of unbranched alkanes of at least 4 members (excludes halogenated alkanes) is 7. The summed E-state index contributed by atoms with van der Waals surface area (Å²) in [6, 6.07) is 8.49. The number of benzene rings is 1. The highest BCUT2D eigenvalue weighted by Gasteiger charge is 2.18. The molecule has 0 aliphatic carbocycles. The highest BCUT2D eigenvalue weighted by molar-refractivity contribution is 5.35. The van der Waals surface area contributed by atoms with Crippen molar-refractivity contribution in [3.05, 3.63) is 29.8 Å². The van der Waals surface area contributed by atoms with E-state index in [1.165, 1.54) is 76.2 Å². The van der Waals surface area contributed by atoms with Crippen molar-refractivity contribution in [3.63, 3.8) is 0 Å². The molecular formula is C19H31NO. The van der Waals surface area contributed by atoms with E-state index in [0.29, 0.717) is 6.10 Å². The zero-order valence-electron chi connectivity index (χ0n) is 13.4. The third kappa shape index (κ3) is 6.09. The minimum atomic E-state index is 0.449. The molecule has 0 amide bonds. The number of ether oxygens (including phenoxy) is 1. The van der Waals surface area contributed by atoms with E-state index in [9.17, 15) is 0 Å². The van der Waals surface area contributed by atoms with Gasteiger partial charge in [0.25, 0.3) is 0 Å². The molecule has 2 nitrogen and oxygen atoms in total. The van der Waals surface area contributed by atoms with Gasteiger partial charge in [-0.05, 0) is 50.3 Å². The molecule has 2 heteroatoms. The summed E-state index contributed by atoms with van der Waals surface area (Å²) in [5, 5.41) is 0. The predicted molar refractivity (Wildman–Crippen MR) is 89.8 cm³/mol. The molecule has 0 aromatic heterocycles. The van der Waals surface area contributed by atoms with Crippen molar-refractivity contribution in [3.8, 4) is 5.75 Å². The highest BCUT2D eigenvalue weighted by Crippen LogP contribution is 2.29. The van der Waals surface area contributed by atoms with Gasteiger partial charge in [-0.1, -0.05) is 56.7 Å². The largest absolute Gasteiger partial charge is 0.490 e. The summed E-state index contributed by atoms with van der Waals surface area (Å²) in [4.78, 5) is 0. The Labute approximate surface area is 130 Å². The third-order valence-corrected chi connectivity index (χ3v) is 4.48. The van der Waals surface area contributed by atoms with Gasteiger partial charge in [0, 0.05) is 0 Å². The van der Waals surface area contributed by atoms with Crippen LogP contribution in [0.1, 0.15) is 69.8 Å². The van der Waals surface area contributed by atoms with Crippen molar-refractivity contribution in [2.24, 2.45) is 5.73 Å². The van der Waals surface area contributed by atoms with E-state index in [0.717, 1.165) is 12.3 Å². The molecule has 2 N–H and O–H groups in total. The van der Waals surface area contributed by atoms with Crippen molar-refractivity contribution in [2.45, 2.75) is 76.7 Å². The molecule has 21 heavy (non-hydrogen) atoms. The van der Waals surface area contributed by atoms with Crippen LogP contribution >= 0.6 is 0 Å². The fourth-order valence-electron chi connectivity index (χ4n) is 3.16. The van der Waals surface area contributed by atoms with Gasteiger partial charge in [0.1, 0.15) is 5.75 Å². The van der Waals surface area contributed by atoms with Crippen LogP contribution in [0.25, 0.3) is 0 Å². The van der Waals surface area contributed by atoms with Gasteiger partial charge in [-0.15, -0.1) is 0 Å². The second kappa shape index (κ2) is 9.83. The van der Waals surface area contributed by atoms with E-state index < -0.39 is 0 Å². The molecule has 0 saturated carbocycles. The molecule has 1 atom stereocenters. The summed E-state index contributed by atoms with van der Waals surface area (Å²) in [5.41, 5.74) is 6.88. The Balaban J connectivity index is 1.49. The zero-order chi connectivity index (χ0) is 14.8. The molecule has 0 spiro atoms. The molecule has 1 unspecified atom stereocenters. The molecule has 118 valence electrons. The lowest BCUT2D eigenvalue weighted by Gasteiger charge is -2.26. The van der Waals surface area contributed by atoms with Crippen molar-refractivity contribution in [1.29, 1.82) is 0 Å². The molecule has 1 aromatic rings. The molecule has 0 bridgehead atoms. The quantitative estimate of drug-likeness (QED) is 0.625. The van der Waals surface area contributed by atoms with Gasteiger partial charge in [-0.25, -0.2) is 0 Å². The van der Waals surface area contributed by atoms with E-state index in [2.05, 4.69) is 24.3 Å². The van der Waals surface area contributed by atoms with E-state index >= 15 is 0 Å². The maximum absolute atomic E-state index is 6.09. The molecule has 1 heterocycles. The fourth-order valence-corrected chi connectivity index (χ4v) is 3.16. The fraction of sp³-hybridized carbons (Fsp3) is 0.684. The van der Waals surface area contributed by atoms with E-state index in [-0.39, 0.29) is 0 Å². The second-order valence-corrected chi connectivity index (χ2v) is 6.29. The molecule has 0 fully saturated rings. The average molecular weight is 289 g/mol. The number of fused-ring (bicyclic) bond motifs is 1. The summed E-state index contributed by atoms with van der Waals surface area (Å²) < 4.78 is 6.09. The molecular weight excluding hydrogens is 258 g/mol. The number of para-hydroxylation sites is 1. The minimum Gasteiger partial charge on any atom is -0.490 e. The van der Waals surface area contributed by atoms with Gasteiger partial charge in [-0.2, -0.15) is 0 Å². The Kier molecular flexibility index (Phi) is 7.66. The summed E-state index contributed by atoms with van der Waals surface area (Å²) >= 11 is 0. The predicted octanol–water partition coefficient (Wildman–Crippen LogP) is 4.85. The average Bonchev–Trinajstić information content (AvgIpc) is 2.53. The van der Waals surface area contributed by atoms with E-state index in [1.807, 2.05) is 0 Å². The molecule has 1 aromatic carbocycles. The topological polar surface area (TPSA) is 35.2 Å². The molecule has 0 saturated heterocycles. The monoisotopic (exact) mass is 289 g/mol. The first kappa shape index (κ1) is 16.4. The number of nitrogens with two attached hydrogens (primary N) is 1. The third-order valence-electron chi connectivity index (χ3n) is 4.48. The van der Waals surface area contributed by atoms with Gasteiger partial charge >= 0.3 is 0 Å².